The van der Waals surface area contributed by atoms with Gasteiger partial charge in [-0.1, -0.05) is 41.5 Å². The van der Waals surface area contributed by atoms with Gasteiger partial charge in [-0.05, 0) is 24.7 Å². The van der Waals surface area contributed by atoms with Gasteiger partial charge in [-0.3, -0.25) is 4.57 Å². The molecule has 98 valence electrons. The molecule has 0 saturated heterocycles. The molecule has 16 heavy (non-hydrogen) atoms. The van der Waals surface area contributed by atoms with Crippen LogP contribution in [0.3, 0.4) is 0 Å². The van der Waals surface area contributed by atoms with Crippen molar-refractivity contribution in [3.05, 3.63) is 0 Å². The van der Waals surface area contributed by atoms with Crippen LogP contribution in [0.5, 0.6) is 0 Å². The molecule has 0 aromatic carbocycles. The van der Waals surface area contributed by atoms with Crippen molar-refractivity contribution >= 4 is 8.25 Å². The predicted molar refractivity (Wildman–Crippen MR) is 69.0 cm³/mol. The van der Waals surface area contributed by atoms with Crippen LogP contribution in [-0.2, 0) is 13.6 Å². The summed E-state index contributed by atoms with van der Waals surface area (Å²) >= 11 is 0. The molecule has 0 aromatic rings. The van der Waals surface area contributed by atoms with E-state index in [2.05, 4.69) is 41.5 Å². The molecule has 0 rings (SSSR count). The normalized spacial score (nSPS) is 19.2. The molecule has 0 saturated carbocycles. The first-order valence-corrected chi connectivity index (χ1v) is 7.04. The van der Waals surface area contributed by atoms with Crippen LogP contribution in [0.15, 0.2) is 0 Å². The quantitative estimate of drug-likeness (QED) is 0.699. The third-order valence-electron chi connectivity index (χ3n) is 2.99. The van der Waals surface area contributed by atoms with E-state index in [9.17, 15) is 4.57 Å². The maximum atomic E-state index is 11.7. The first-order valence-electron chi connectivity index (χ1n) is 5.82. The van der Waals surface area contributed by atoms with Crippen molar-refractivity contribution in [2.75, 3.05) is 0 Å². The Morgan fingerprint density at radius 3 is 1.25 bits per heavy atom. The highest BCUT2D eigenvalue weighted by atomic mass is 31.1. The average Bonchev–Trinajstić information content (AvgIpc) is 1.99. The van der Waals surface area contributed by atoms with Gasteiger partial charge in [0.15, 0.2) is 0 Å². The summed E-state index contributed by atoms with van der Waals surface area (Å²) < 4.78 is 22.5. The highest BCUT2D eigenvalue weighted by Gasteiger charge is 2.26. The minimum atomic E-state index is -2.40. The summed E-state index contributed by atoms with van der Waals surface area (Å²) in [4.78, 5) is 0. The Kier molecular flexibility index (Phi) is 5.71. The summed E-state index contributed by atoms with van der Waals surface area (Å²) in [5.41, 5.74) is -0.0384. The van der Waals surface area contributed by atoms with Gasteiger partial charge in [0.05, 0.1) is 12.2 Å². The Morgan fingerprint density at radius 1 is 0.812 bits per heavy atom. The second-order valence-corrected chi connectivity index (χ2v) is 7.47. The predicted octanol–water partition coefficient (Wildman–Crippen LogP) is 4.28. The Bertz CT molecular complexity index is 214. The van der Waals surface area contributed by atoms with Crippen LogP contribution in [0.2, 0.25) is 0 Å². The Morgan fingerprint density at radius 2 is 1.06 bits per heavy atom. The van der Waals surface area contributed by atoms with Gasteiger partial charge in [-0.2, -0.15) is 0 Å². The Labute approximate surface area is 101 Å². The molecule has 0 spiro atoms. The average molecular weight is 250 g/mol. The highest BCUT2D eigenvalue weighted by Crippen LogP contribution is 2.37. The molecular weight excluding hydrogens is 223 g/mol. The number of hydrogen-bond acceptors (Lipinski definition) is 3. The third kappa shape index (κ3) is 6.03. The smallest absolute Gasteiger partial charge is 0.307 e. The van der Waals surface area contributed by atoms with Crippen LogP contribution >= 0.6 is 8.25 Å². The molecule has 0 bridgehead atoms. The van der Waals surface area contributed by atoms with Crippen molar-refractivity contribution in [1.82, 2.24) is 0 Å². The molecule has 4 heteroatoms. The van der Waals surface area contributed by atoms with Gasteiger partial charge in [0.1, 0.15) is 0 Å². The Hall–Kier alpha value is 0.150. The van der Waals surface area contributed by atoms with Crippen LogP contribution in [-0.4, -0.2) is 12.2 Å². The van der Waals surface area contributed by atoms with Gasteiger partial charge in [-0.25, -0.2) is 0 Å². The SMILES string of the molecule is CC(O[PH](=O)OC(C)C(C)(C)C)C(C)(C)C. The lowest BCUT2D eigenvalue weighted by Gasteiger charge is -2.30. The molecule has 0 amide bonds. The number of hydrogen-bond donors (Lipinski definition) is 0. The maximum absolute atomic E-state index is 11.7. The van der Waals surface area contributed by atoms with Gasteiger partial charge in [-0.15, -0.1) is 0 Å². The summed E-state index contributed by atoms with van der Waals surface area (Å²) in [6.07, 6.45) is -0.155. The molecule has 0 aliphatic carbocycles. The van der Waals surface area contributed by atoms with Gasteiger partial charge < -0.3 is 9.05 Å². The lowest BCUT2D eigenvalue weighted by molar-refractivity contribution is 0.0501. The van der Waals surface area contributed by atoms with Gasteiger partial charge >= 0.3 is 8.25 Å². The fourth-order valence-electron chi connectivity index (χ4n) is 0.670. The molecule has 2 unspecified atom stereocenters. The molecular formula is C12H27O3P. The third-order valence-corrected chi connectivity index (χ3v) is 4.08. The summed E-state index contributed by atoms with van der Waals surface area (Å²) in [7, 11) is -2.40. The van der Waals surface area contributed by atoms with Crippen molar-refractivity contribution in [1.29, 1.82) is 0 Å². The molecule has 0 aliphatic heterocycles. The zero-order chi connectivity index (χ0) is 13.1. The van der Waals surface area contributed by atoms with Crippen LogP contribution in [0, 0.1) is 10.8 Å². The van der Waals surface area contributed by atoms with Gasteiger partial charge in [0, 0.05) is 0 Å². The lowest BCUT2D eigenvalue weighted by Crippen LogP contribution is -2.26. The zero-order valence-corrected chi connectivity index (χ0v) is 12.9. The first kappa shape index (κ1) is 16.1. The van der Waals surface area contributed by atoms with Gasteiger partial charge in [0.2, 0.25) is 0 Å². The largest absolute Gasteiger partial charge is 0.319 e. The van der Waals surface area contributed by atoms with E-state index in [1.807, 2.05) is 13.8 Å². The van der Waals surface area contributed by atoms with Gasteiger partial charge in [0.25, 0.3) is 0 Å². The zero-order valence-electron chi connectivity index (χ0n) is 11.9. The minimum Gasteiger partial charge on any atom is -0.307 e. The van der Waals surface area contributed by atoms with E-state index in [-0.39, 0.29) is 23.0 Å². The summed E-state index contributed by atoms with van der Waals surface area (Å²) in [5, 5.41) is 0. The van der Waals surface area contributed by atoms with Crippen molar-refractivity contribution < 1.29 is 13.6 Å². The number of rotatable bonds is 4. The van der Waals surface area contributed by atoms with E-state index in [0.717, 1.165) is 0 Å². The molecule has 0 heterocycles. The monoisotopic (exact) mass is 250 g/mol. The Balaban J connectivity index is 4.21. The molecule has 0 aliphatic rings. The second-order valence-electron chi connectivity index (χ2n) is 6.50. The molecule has 0 radical (unpaired) electrons. The van der Waals surface area contributed by atoms with E-state index in [1.54, 1.807) is 0 Å². The lowest BCUT2D eigenvalue weighted by atomic mass is 9.91. The molecule has 0 fully saturated rings. The van der Waals surface area contributed by atoms with Crippen molar-refractivity contribution in [3.8, 4) is 0 Å². The topological polar surface area (TPSA) is 35.5 Å². The first-order chi connectivity index (χ1) is 6.94. The summed E-state index contributed by atoms with van der Waals surface area (Å²) in [6.45, 7) is 16.2. The van der Waals surface area contributed by atoms with Crippen LogP contribution in [0.4, 0.5) is 0 Å². The summed E-state index contributed by atoms with van der Waals surface area (Å²) in [6, 6.07) is 0. The van der Waals surface area contributed by atoms with Crippen LogP contribution < -0.4 is 0 Å². The van der Waals surface area contributed by atoms with Crippen molar-refractivity contribution in [3.63, 3.8) is 0 Å². The fourth-order valence-corrected chi connectivity index (χ4v) is 2.01. The van der Waals surface area contributed by atoms with E-state index in [0.29, 0.717) is 0 Å². The van der Waals surface area contributed by atoms with Crippen LogP contribution in [0.25, 0.3) is 0 Å². The molecule has 2 atom stereocenters. The molecule has 0 aromatic heterocycles. The van der Waals surface area contributed by atoms with E-state index in [1.165, 1.54) is 0 Å². The molecule has 0 N–H and O–H groups in total. The minimum absolute atomic E-state index is 0.0192. The maximum Gasteiger partial charge on any atom is 0.319 e. The van der Waals surface area contributed by atoms with E-state index < -0.39 is 8.25 Å². The van der Waals surface area contributed by atoms with E-state index in [4.69, 9.17) is 9.05 Å². The molecule has 3 nitrogen and oxygen atoms in total. The van der Waals surface area contributed by atoms with Crippen molar-refractivity contribution in [2.45, 2.75) is 67.6 Å². The van der Waals surface area contributed by atoms with Crippen molar-refractivity contribution in [2.24, 2.45) is 10.8 Å². The van der Waals surface area contributed by atoms with E-state index >= 15 is 0 Å². The highest BCUT2D eigenvalue weighted by molar-refractivity contribution is 7.33. The second kappa shape index (κ2) is 5.66. The fraction of sp³-hybridized carbons (Fsp3) is 1.00. The standard InChI is InChI=1S/C12H27O3P/c1-9(11(3,4)5)14-16(13)15-10(2)12(6,7)8/h9-10,16H,1-8H3. The summed E-state index contributed by atoms with van der Waals surface area (Å²) in [5.74, 6) is 0. The van der Waals surface area contributed by atoms with Crippen LogP contribution in [0.1, 0.15) is 55.4 Å².